The Morgan fingerprint density at radius 1 is 0.864 bits per heavy atom. The first-order chi connectivity index (χ1) is 21.0. The second kappa shape index (κ2) is 13.2. The van der Waals surface area contributed by atoms with Crippen LogP contribution >= 0.6 is 55.1 Å². The molecule has 5 nitrogen and oxygen atoms in total. The molecule has 1 saturated carbocycles. The molecule has 0 heterocycles. The van der Waals surface area contributed by atoms with Crippen molar-refractivity contribution < 1.29 is 19.4 Å². The van der Waals surface area contributed by atoms with Crippen molar-refractivity contribution in [3.8, 4) is 6.07 Å². The molecule has 0 radical (unpaired) electrons. The topological polar surface area (TPSA) is 87.4 Å². The maximum Gasteiger partial charge on any atom is 0.327 e. The van der Waals surface area contributed by atoms with Crippen molar-refractivity contribution in [2.75, 3.05) is 6.61 Å². The molecule has 0 bridgehead atoms. The fourth-order valence-corrected chi connectivity index (χ4v) is 7.25. The number of ketones is 1. The van der Waals surface area contributed by atoms with Crippen molar-refractivity contribution in [1.82, 2.24) is 0 Å². The number of nitriles is 1. The zero-order valence-corrected chi connectivity index (χ0v) is 28.2. The summed E-state index contributed by atoms with van der Waals surface area (Å²) in [6.45, 7) is 1.69. The summed E-state index contributed by atoms with van der Waals surface area (Å²) in [5.41, 5.74) is -1.85. The van der Waals surface area contributed by atoms with Crippen LogP contribution in [0.5, 0.6) is 0 Å². The Kier molecular flexibility index (Phi) is 9.69. The largest absolute Gasteiger partial charge is 0.465 e. The molecule has 0 aliphatic heterocycles. The molecule has 0 spiro atoms. The lowest BCUT2D eigenvalue weighted by molar-refractivity contribution is -0.164. The molecule has 4 aromatic carbocycles. The molecule has 224 valence electrons. The number of nitrogens with zero attached hydrogens (tertiary/aromatic N) is 1. The smallest absolute Gasteiger partial charge is 0.327 e. The van der Waals surface area contributed by atoms with Crippen LogP contribution in [0.25, 0.3) is 0 Å². The van der Waals surface area contributed by atoms with Gasteiger partial charge in [-0.05, 0) is 78.6 Å². The van der Waals surface area contributed by atoms with Gasteiger partial charge in [-0.3, -0.25) is 9.59 Å². The molecular formula is C35H27Br2Cl2NO4. The number of benzene rings is 4. The van der Waals surface area contributed by atoms with Gasteiger partial charge in [-0.2, -0.15) is 5.26 Å². The number of rotatable bonds is 7. The lowest BCUT2D eigenvalue weighted by Crippen LogP contribution is -2.59. The molecule has 1 N–H and O–H groups in total. The van der Waals surface area contributed by atoms with Crippen LogP contribution in [0.15, 0.2) is 106 Å². The number of Topliss-reactive ketones (excluding diaryl/α,β-unsaturated/α-hetero) is 1. The number of hydrogen-bond acceptors (Lipinski definition) is 5. The Labute approximate surface area is 283 Å². The fourth-order valence-electron chi connectivity index (χ4n) is 6.47. The van der Waals surface area contributed by atoms with Gasteiger partial charge in [-0.25, -0.2) is 0 Å². The van der Waals surface area contributed by atoms with E-state index in [0.29, 0.717) is 32.3 Å². The highest BCUT2D eigenvalue weighted by molar-refractivity contribution is 9.10. The zero-order valence-electron chi connectivity index (χ0n) is 23.5. The molecule has 5 atom stereocenters. The van der Waals surface area contributed by atoms with Crippen molar-refractivity contribution in [2.24, 2.45) is 11.3 Å². The highest BCUT2D eigenvalue weighted by atomic mass is 79.9. The SMILES string of the molecule is CCOC(=O)[C@]1(C#N)[C@@H](c2ccc(Cl)cc2)C[C@](O)(c2ccc(Br)cc2)[C@H](C(=O)c2ccc(Br)cc2)[C@@H]1c1ccc(Cl)cc1. The van der Waals surface area contributed by atoms with Gasteiger partial charge in [0.15, 0.2) is 11.2 Å². The molecule has 4 aromatic rings. The van der Waals surface area contributed by atoms with E-state index in [1.54, 1.807) is 104 Å². The molecular weight excluding hydrogens is 729 g/mol. The van der Waals surface area contributed by atoms with Crippen molar-refractivity contribution in [3.63, 3.8) is 0 Å². The summed E-state index contributed by atoms with van der Waals surface area (Å²) in [6.07, 6.45) is -0.125. The van der Waals surface area contributed by atoms with E-state index < -0.39 is 40.5 Å². The molecule has 1 fully saturated rings. The van der Waals surface area contributed by atoms with Crippen LogP contribution < -0.4 is 0 Å². The van der Waals surface area contributed by atoms with Crippen LogP contribution in [-0.4, -0.2) is 23.5 Å². The van der Waals surface area contributed by atoms with Gasteiger partial charge in [0.25, 0.3) is 0 Å². The predicted molar refractivity (Wildman–Crippen MR) is 178 cm³/mol. The Hall–Kier alpha value is -2.99. The first-order valence-electron chi connectivity index (χ1n) is 13.9. The van der Waals surface area contributed by atoms with Gasteiger partial charge in [-0.1, -0.05) is 104 Å². The Balaban J connectivity index is 1.89. The van der Waals surface area contributed by atoms with Gasteiger partial charge in [-0.15, -0.1) is 0 Å². The van der Waals surface area contributed by atoms with Crippen LogP contribution in [0.2, 0.25) is 10.0 Å². The van der Waals surface area contributed by atoms with Gasteiger partial charge < -0.3 is 9.84 Å². The lowest BCUT2D eigenvalue weighted by atomic mass is 9.47. The molecule has 0 saturated heterocycles. The summed E-state index contributed by atoms with van der Waals surface area (Å²) in [5.74, 6) is -4.51. The number of hydrogen-bond donors (Lipinski definition) is 1. The van der Waals surface area contributed by atoms with Gasteiger partial charge in [0.05, 0.1) is 18.6 Å². The monoisotopic (exact) mass is 753 g/mol. The molecule has 0 amide bonds. The van der Waals surface area contributed by atoms with E-state index in [9.17, 15) is 20.0 Å². The van der Waals surface area contributed by atoms with Crippen LogP contribution in [0.3, 0.4) is 0 Å². The third-order valence-electron chi connectivity index (χ3n) is 8.46. The van der Waals surface area contributed by atoms with E-state index in [1.807, 2.05) is 0 Å². The normalized spacial score (nSPS) is 24.7. The third-order valence-corrected chi connectivity index (χ3v) is 10.0. The summed E-state index contributed by atoms with van der Waals surface area (Å²) in [6, 6.07) is 29.8. The summed E-state index contributed by atoms with van der Waals surface area (Å²) in [4.78, 5) is 29.1. The minimum absolute atomic E-state index is 0.0191. The van der Waals surface area contributed by atoms with Crippen LogP contribution in [0.4, 0.5) is 0 Å². The van der Waals surface area contributed by atoms with Crippen LogP contribution in [-0.2, 0) is 15.1 Å². The maximum absolute atomic E-state index is 14.8. The predicted octanol–water partition coefficient (Wildman–Crippen LogP) is 9.25. The Bertz CT molecular complexity index is 1710. The molecule has 5 rings (SSSR count). The summed E-state index contributed by atoms with van der Waals surface area (Å²) in [7, 11) is 0. The fraction of sp³-hybridized carbons (Fsp3) is 0.229. The summed E-state index contributed by atoms with van der Waals surface area (Å²) in [5, 5.41) is 25.1. The van der Waals surface area contributed by atoms with Crippen molar-refractivity contribution in [2.45, 2.75) is 30.8 Å². The van der Waals surface area contributed by atoms with E-state index in [0.717, 1.165) is 8.95 Å². The van der Waals surface area contributed by atoms with E-state index in [-0.39, 0.29) is 13.0 Å². The minimum Gasteiger partial charge on any atom is -0.465 e. The number of ether oxygens (including phenoxy) is 1. The van der Waals surface area contributed by atoms with E-state index in [2.05, 4.69) is 37.9 Å². The summed E-state index contributed by atoms with van der Waals surface area (Å²) >= 11 is 19.4. The lowest BCUT2D eigenvalue weighted by Gasteiger charge is -2.54. The zero-order chi connectivity index (χ0) is 31.6. The molecule has 1 aliphatic rings. The highest BCUT2D eigenvalue weighted by Gasteiger charge is 2.67. The van der Waals surface area contributed by atoms with Crippen LogP contribution in [0, 0.1) is 22.7 Å². The Morgan fingerprint density at radius 2 is 1.36 bits per heavy atom. The average molecular weight is 756 g/mol. The number of halogens is 4. The van der Waals surface area contributed by atoms with Gasteiger partial charge >= 0.3 is 5.97 Å². The van der Waals surface area contributed by atoms with Gasteiger partial charge in [0.2, 0.25) is 0 Å². The number of aliphatic hydroxyl groups is 1. The molecule has 1 aliphatic carbocycles. The standard InChI is InChI=1S/C35H27Br2Cl2NO4/c1-2-44-33(42)34(20-40)29(21-5-15-27(38)16-6-21)19-35(43,24-9-13-26(37)14-10-24)31(30(34)22-7-17-28(39)18-8-22)32(41)23-3-11-25(36)12-4-23/h3-18,29-31,43H,2,19H2,1H3/t29-,30+,31+,34-,35+/m1/s1. The first kappa shape index (κ1) is 32.4. The van der Waals surface area contributed by atoms with Gasteiger partial charge in [0.1, 0.15) is 5.60 Å². The highest BCUT2D eigenvalue weighted by Crippen LogP contribution is 2.64. The van der Waals surface area contributed by atoms with E-state index >= 15 is 0 Å². The molecule has 0 unspecified atom stereocenters. The number of carbonyl (C=O) groups is 2. The summed E-state index contributed by atoms with van der Waals surface area (Å²) < 4.78 is 7.21. The van der Waals surface area contributed by atoms with Crippen LogP contribution in [0.1, 0.15) is 52.2 Å². The Morgan fingerprint density at radius 3 is 1.86 bits per heavy atom. The average Bonchev–Trinajstić information content (AvgIpc) is 3.02. The minimum atomic E-state index is -1.92. The number of esters is 1. The van der Waals surface area contributed by atoms with Crippen molar-refractivity contribution in [1.29, 1.82) is 5.26 Å². The maximum atomic E-state index is 14.8. The number of carbonyl (C=O) groups excluding carboxylic acids is 2. The molecule has 0 aromatic heterocycles. The quantitative estimate of drug-likeness (QED) is 0.150. The second-order valence-corrected chi connectivity index (χ2v) is 13.5. The molecule has 9 heteroatoms. The first-order valence-corrected chi connectivity index (χ1v) is 16.3. The van der Waals surface area contributed by atoms with E-state index in [4.69, 9.17) is 27.9 Å². The molecule has 44 heavy (non-hydrogen) atoms. The third kappa shape index (κ3) is 5.87. The van der Waals surface area contributed by atoms with Gasteiger partial charge in [0, 0.05) is 36.4 Å². The van der Waals surface area contributed by atoms with Crippen molar-refractivity contribution in [3.05, 3.63) is 138 Å². The van der Waals surface area contributed by atoms with E-state index in [1.165, 1.54) is 0 Å². The van der Waals surface area contributed by atoms with Crippen molar-refractivity contribution >= 4 is 66.8 Å². The second-order valence-electron chi connectivity index (χ2n) is 10.8.